The highest BCUT2D eigenvalue weighted by molar-refractivity contribution is 5.43. The van der Waals surface area contributed by atoms with Crippen LogP contribution in [0.5, 0.6) is 0 Å². The molecule has 96 valence electrons. The van der Waals surface area contributed by atoms with Crippen LogP contribution >= 0.6 is 0 Å². The Balaban J connectivity index is 2.34. The lowest BCUT2D eigenvalue weighted by Gasteiger charge is -2.07. The van der Waals surface area contributed by atoms with Gasteiger partial charge in [-0.2, -0.15) is 0 Å². The maximum atomic E-state index is 12.3. The monoisotopic (exact) mass is 256 g/mol. The van der Waals surface area contributed by atoms with Crippen LogP contribution in [0.1, 0.15) is 11.1 Å². The summed E-state index contributed by atoms with van der Waals surface area (Å²) < 4.78 is 2.68. The molecule has 6 nitrogen and oxygen atoms in total. The standard InChI is InChI=1S/C13H12N4O2/c1-8-5-9(2)7-10(6-8)16-3-4-17-11(12(16)18)14-15-13(17)19/h3-7H,1-2H3,(H,15,19). The van der Waals surface area contributed by atoms with E-state index < -0.39 is 5.69 Å². The fourth-order valence-electron chi connectivity index (χ4n) is 2.20. The molecule has 2 heterocycles. The van der Waals surface area contributed by atoms with E-state index in [1.807, 2.05) is 32.0 Å². The normalized spacial score (nSPS) is 11.1. The molecular formula is C13H12N4O2. The summed E-state index contributed by atoms with van der Waals surface area (Å²) in [7, 11) is 0. The van der Waals surface area contributed by atoms with Crippen LogP contribution in [-0.2, 0) is 0 Å². The van der Waals surface area contributed by atoms with Crippen molar-refractivity contribution in [3.8, 4) is 5.69 Å². The van der Waals surface area contributed by atoms with E-state index in [0.717, 1.165) is 16.8 Å². The van der Waals surface area contributed by atoms with Crippen molar-refractivity contribution in [2.75, 3.05) is 0 Å². The summed E-state index contributed by atoms with van der Waals surface area (Å²) in [5, 5.41) is 6.00. The number of aromatic amines is 1. The summed E-state index contributed by atoms with van der Waals surface area (Å²) in [6.45, 7) is 3.94. The van der Waals surface area contributed by atoms with Gasteiger partial charge in [-0.15, -0.1) is 5.10 Å². The summed E-state index contributed by atoms with van der Waals surface area (Å²) in [6.07, 6.45) is 3.10. The second-order valence-electron chi connectivity index (χ2n) is 4.54. The molecule has 0 atom stereocenters. The average molecular weight is 256 g/mol. The van der Waals surface area contributed by atoms with Crippen LogP contribution < -0.4 is 11.2 Å². The summed E-state index contributed by atoms with van der Waals surface area (Å²) in [5.41, 5.74) is 2.25. The number of nitrogens with one attached hydrogen (secondary N) is 1. The molecule has 0 spiro atoms. The minimum absolute atomic E-state index is 0.0895. The Kier molecular flexibility index (Phi) is 2.38. The molecule has 6 heteroatoms. The van der Waals surface area contributed by atoms with Crippen molar-refractivity contribution in [2.45, 2.75) is 13.8 Å². The molecule has 1 N–H and O–H groups in total. The van der Waals surface area contributed by atoms with Gasteiger partial charge in [-0.3, -0.25) is 9.36 Å². The van der Waals surface area contributed by atoms with Crippen molar-refractivity contribution in [3.63, 3.8) is 0 Å². The topological polar surface area (TPSA) is 72.2 Å². The molecule has 0 fully saturated rings. The van der Waals surface area contributed by atoms with Crippen LogP contribution in [-0.4, -0.2) is 19.2 Å². The number of aromatic nitrogens is 4. The van der Waals surface area contributed by atoms with Gasteiger partial charge in [0.25, 0.3) is 0 Å². The molecule has 1 aromatic carbocycles. The molecule has 2 aromatic heterocycles. The molecule has 0 aliphatic carbocycles. The van der Waals surface area contributed by atoms with Gasteiger partial charge in [0, 0.05) is 18.1 Å². The molecule has 0 saturated carbocycles. The van der Waals surface area contributed by atoms with Gasteiger partial charge in [-0.1, -0.05) is 6.07 Å². The van der Waals surface area contributed by atoms with E-state index in [0.29, 0.717) is 0 Å². The van der Waals surface area contributed by atoms with Crippen LogP contribution in [0.4, 0.5) is 0 Å². The molecule has 0 amide bonds. The first kappa shape index (κ1) is 11.5. The first-order valence-electron chi connectivity index (χ1n) is 5.83. The number of fused-ring (bicyclic) bond motifs is 1. The molecular weight excluding hydrogens is 244 g/mol. The summed E-state index contributed by atoms with van der Waals surface area (Å²) in [5.74, 6) is 0. The van der Waals surface area contributed by atoms with Crippen molar-refractivity contribution >= 4 is 5.65 Å². The lowest BCUT2D eigenvalue weighted by molar-refractivity contribution is 0.936. The number of hydrogen-bond acceptors (Lipinski definition) is 3. The molecule has 0 bridgehead atoms. The molecule has 0 radical (unpaired) electrons. The Morgan fingerprint density at radius 2 is 1.74 bits per heavy atom. The largest absolute Gasteiger partial charge is 0.347 e. The maximum Gasteiger partial charge on any atom is 0.347 e. The summed E-state index contributed by atoms with van der Waals surface area (Å²) in [4.78, 5) is 23.7. The van der Waals surface area contributed by atoms with Gasteiger partial charge in [0.2, 0.25) is 5.65 Å². The number of H-pyrrole nitrogens is 1. The Labute approximate surface area is 107 Å². The van der Waals surface area contributed by atoms with E-state index in [-0.39, 0.29) is 11.2 Å². The van der Waals surface area contributed by atoms with E-state index in [2.05, 4.69) is 10.2 Å². The quantitative estimate of drug-likeness (QED) is 0.699. The van der Waals surface area contributed by atoms with Crippen LogP contribution in [0.2, 0.25) is 0 Å². The first-order chi connectivity index (χ1) is 9.06. The lowest BCUT2D eigenvalue weighted by atomic mass is 10.1. The van der Waals surface area contributed by atoms with Gasteiger partial charge < -0.3 is 0 Å². The zero-order chi connectivity index (χ0) is 13.6. The fraction of sp³-hybridized carbons (Fsp3) is 0.154. The van der Waals surface area contributed by atoms with E-state index >= 15 is 0 Å². The predicted molar refractivity (Wildman–Crippen MR) is 70.9 cm³/mol. The van der Waals surface area contributed by atoms with Gasteiger partial charge in [0.15, 0.2) is 0 Å². The number of nitrogens with zero attached hydrogens (tertiary/aromatic N) is 3. The Morgan fingerprint density at radius 3 is 2.42 bits per heavy atom. The molecule has 0 unspecified atom stereocenters. The Bertz CT molecular complexity index is 865. The zero-order valence-corrected chi connectivity index (χ0v) is 10.5. The SMILES string of the molecule is Cc1cc(C)cc(-n2ccn3c(=O)[nH]nc3c2=O)c1. The fourth-order valence-corrected chi connectivity index (χ4v) is 2.20. The molecule has 19 heavy (non-hydrogen) atoms. The van der Waals surface area contributed by atoms with Crippen LogP contribution in [0.15, 0.2) is 40.2 Å². The molecule has 3 rings (SSSR count). The highest BCUT2D eigenvalue weighted by Gasteiger charge is 2.08. The van der Waals surface area contributed by atoms with Gasteiger partial charge in [-0.05, 0) is 37.1 Å². The first-order valence-corrected chi connectivity index (χ1v) is 5.83. The van der Waals surface area contributed by atoms with Gasteiger partial charge in [-0.25, -0.2) is 14.3 Å². The third kappa shape index (κ3) is 1.77. The van der Waals surface area contributed by atoms with Crippen molar-refractivity contribution < 1.29 is 0 Å². The van der Waals surface area contributed by atoms with Crippen LogP contribution in [0.3, 0.4) is 0 Å². The van der Waals surface area contributed by atoms with E-state index in [9.17, 15) is 9.59 Å². The maximum absolute atomic E-state index is 12.3. The van der Waals surface area contributed by atoms with Crippen molar-refractivity contribution in [1.82, 2.24) is 19.2 Å². The minimum Gasteiger partial charge on any atom is -0.280 e. The molecule has 0 aliphatic rings. The minimum atomic E-state index is -0.417. The average Bonchev–Trinajstić information content (AvgIpc) is 2.71. The second kappa shape index (κ2) is 3.94. The molecule has 0 aliphatic heterocycles. The third-order valence-corrected chi connectivity index (χ3v) is 2.96. The number of benzene rings is 1. The predicted octanol–water partition coefficient (Wildman–Crippen LogP) is 0.790. The summed E-state index contributed by atoms with van der Waals surface area (Å²) in [6, 6.07) is 5.86. The van der Waals surface area contributed by atoms with Crippen molar-refractivity contribution in [1.29, 1.82) is 0 Å². The van der Waals surface area contributed by atoms with E-state index in [1.165, 1.54) is 15.2 Å². The van der Waals surface area contributed by atoms with E-state index in [1.54, 1.807) is 6.20 Å². The van der Waals surface area contributed by atoms with Gasteiger partial charge in [0.1, 0.15) is 0 Å². The summed E-state index contributed by atoms with van der Waals surface area (Å²) >= 11 is 0. The Hall–Kier alpha value is -2.63. The number of aryl methyl sites for hydroxylation is 2. The van der Waals surface area contributed by atoms with Crippen LogP contribution in [0, 0.1) is 13.8 Å². The van der Waals surface area contributed by atoms with Crippen molar-refractivity contribution in [2.24, 2.45) is 0 Å². The van der Waals surface area contributed by atoms with Gasteiger partial charge >= 0.3 is 11.2 Å². The number of rotatable bonds is 1. The van der Waals surface area contributed by atoms with Crippen LogP contribution in [0.25, 0.3) is 11.3 Å². The lowest BCUT2D eigenvalue weighted by Crippen LogP contribution is -2.22. The van der Waals surface area contributed by atoms with Gasteiger partial charge in [0.05, 0.1) is 0 Å². The smallest absolute Gasteiger partial charge is 0.280 e. The van der Waals surface area contributed by atoms with E-state index in [4.69, 9.17) is 0 Å². The van der Waals surface area contributed by atoms with Crippen molar-refractivity contribution in [3.05, 3.63) is 62.6 Å². The highest BCUT2D eigenvalue weighted by atomic mass is 16.2. The zero-order valence-electron chi connectivity index (χ0n) is 10.5. The number of hydrogen-bond donors (Lipinski definition) is 1. The molecule has 0 saturated heterocycles. The third-order valence-electron chi connectivity index (χ3n) is 2.96. The second-order valence-corrected chi connectivity index (χ2v) is 4.54. The highest BCUT2D eigenvalue weighted by Crippen LogP contribution is 2.11. The Morgan fingerprint density at radius 1 is 1.05 bits per heavy atom. The molecule has 3 aromatic rings.